The Labute approximate surface area is 92.8 Å². The van der Waals surface area contributed by atoms with Gasteiger partial charge < -0.3 is 4.74 Å². The van der Waals surface area contributed by atoms with Crippen molar-refractivity contribution in [2.45, 2.75) is 45.6 Å². The van der Waals surface area contributed by atoms with Crippen LogP contribution in [-0.2, 0) is 9.53 Å². The van der Waals surface area contributed by atoms with E-state index in [4.69, 9.17) is 0 Å². The van der Waals surface area contributed by atoms with Crippen molar-refractivity contribution in [2.75, 3.05) is 20.2 Å². The average molecular weight is 213 g/mol. The molecule has 0 saturated carbocycles. The van der Waals surface area contributed by atoms with Gasteiger partial charge in [0.25, 0.3) is 0 Å². The monoisotopic (exact) mass is 213 g/mol. The van der Waals surface area contributed by atoms with Crippen LogP contribution in [0.3, 0.4) is 0 Å². The quantitative estimate of drug-likeness (QED) is 0.655. The van der Waals surface area contributed by atoms with Crippen LogP contribution in [0.1, 0.15) is 39.5 Å². The summed E-state index contributed by atoms with van der Waals surface area (Å²) in [6.45, 7) is 6.65. The summed E-state index contributed by atoms with van der Waals surface area (Å²) in [5, 5.41) is 0. The van der Waals surface area contributed by atoms with E-state index in [0.29, 0.717) is 12.5 Å². The molecular weight excluding hydrogens is 190 g/mol. The molecule has 1 saturated heterocycles. The summed E-state index contributed by atoms with van der Waals surface area (Å²) in [5.41, 5.74) is 0. The second-order valence-corrected chi connectivity index (χ2v) is 4.57. The maximum Gasteiger partial charge on any atom is 0.307 e. The summed E-state index contributed by atoms with van der Waals surface area (Å²) >= 11 is 0. The van der Waals surface area contributed by atoms with Gasteiger partial charge in [-0.05, 0) is 32.2 Å². The van der Waals surface area contributed by atoms with Crippen molar-refractivity contribution < 1.29 is 9.53 Å². The molecule has 88 valence electrons. The number of methoxy groups -OCH3 is 1. The zero-order chi connectivity index (χ0) is 11.3. The Balaban J connectivity index is 2.29. The summed E-state index contributed by atoms with van der Waals surface area (Å²) in [6.07, 6.45) is 4.40. The summed E-state index contributed by atoms with van der Waals surface area (Å²) in [4.78, 5) is 13.6. The van der Waals surface area contributed by atoms with Crippen molar-refractivity contribution in [3.63, 3.8) is 0 Å². The van der Waals surface area contributed by atoms with Crippen molar-refractivity contribution in [3.8, 4) is 0 Å². The molecule has 1 aliphatic rings. The lowest BCUT2D eigenvalue weighted by atomic mass is 10.0. The first-order chi connectivity index (χ1) is 7.17. The number of esters is 1. The lowest BCUT2D eigenvalue weighted by Crippen LogP contribution is -2.33. The van der Waals surface area contributed by atoms with E-state index in [2.05, 4.69) is 23.5 Å². The van der Waals surface area contributed by atoms with Crippen molar-refractivity contribution in [2.24, 2.45) is 5.92 Å². The smallest absolute Gasteiger partial charge is 0.307 e. The fraction of sp³-hybridized carbons (Fsp3) is 0.917. The minimum absolute atomic E-state index is 0.0959. The van der Waals surface area contributed by atoms with Gasteiger partial charge in [-0.2, -0.15) is 0 Å². The largest absolute Gasteiger partial charge is 0.469 e. The lowest BCUT2D eigenvalue weighted by molar-refractivity contribution is -0.141. The van der Waals surface area contributed by atoms with E-state index < -0.39 is 0 Å². The summed E-state index contributed by atoms with van der Waals surface area (Å²) in [6, 6.07) is 0.333. The maximum atomic E-state index is 11.1. The van der Waals surface area contributed by atoms with Crippen LogP contribution in [0.2, 0.25) is 0 Å². The highest BCUT2D eigenvalue weighted by atomic mass is 16.5. The third-order valence-electron chi connectivity index (χ3n) is 3.33. The molecular formula is C12H23NO2. The van der Waals surface area contributed by atoms with Gasteiger partial charge in [-0.25, -0.2) is 0 Å². The highest BCUT2D eigenvalue weighted by Crippen LogP contribution is 2.23. The SMILES string of the molecule is CCCC1CCN(C(C)CC(=O)OC)C1. The molecule has 0 spiro atoms. The van der Waals surface area contributed by atoms with Gasteiger partial charge in [-0.3, -0.25) is 9.69 Å². The predicted molar refractivity (Wildman–Crippen MR) is 60.7 cm³/mol. The number of ether oxygens (including phenoxy) is 1. The van der Waals surface area contributed by atoms with Crippen LogP contribution in [0, 0.1) is 5.92 Å². The van der Waals surface area contributed by atoms with Crippen molar-refractivity contribution in [3.05, 3.63) is 0 Å². The molecule has 2 unspecified atom stereocenters. The number of hydrogen-bond donors (Lipinski definition) is 0. The standard InChI is InChI=1S/C12H23NO2/c1-4-5-11-6-7-13(9-11)10(2)8-12(14)15-3/h10-11H,4-9H2,1-3H3. The van der Waals surface area contributed by atoms with Crippen molar-refractivity contribution in [1.82, 2.24) is 4.90 Å². The van der Waals surface area contributed by atoms with Crippen LogP contribution in [0.5, 0.6) is 0 Å². The second kappa shape index (κ2) is 6.11. The molecule has 0 aromatic carbocycles. The van der Waals surface area contributed by atoms with E-state index in [1.807, 2.05) is 0 Å². The third-order valence-corrected chi connectivity index (χ3v) is 3.33. The van der Waals surface area contributed by atoms with Gasteiger partial charge >= 0.3 is 5.97 Å². The summed E-state index contributed by atoms with van der Waals surface area (Å²) in [7, 11) is 1.46. The Morgan fingerprint density at radius 2 is 2.33 bits per heavy atom. The zero-order valence-corrected chi connectivity index (χ0v) is 10.2. The number of carbonyl (C=O) groups excluding carboxylic acids is 1. The number of hydrogen-bond acceptors (Lipinski definition) is 3. The molecule has 0 aromatic rings. The van der Waals surface area contributed by atoms with Crippen LogP contribution in [0.4, 0.5) is 0 Å². The highest BCUT2D eigenvalue weighted by molar-refractivity contribution is 5.69. The Bertz CT molecular complexity index is 206. The first kappa shape index (κ1) is 12.5. The van der Waals surface area contributed by atoms with E-state index in [-0.39, 0.29) is 5.97 Å². The van der Waals surface area contributed by atoms with E-state index in [1.54, 1.807) is 0 Å². The topological polar surface area (TPSA) is 29.5 Å². The minimum Gasteiger partial charge on any atom is -0.469 e. The summed E-state index contributed by atoms with van der Waals surface area (Å²) < 4.78 is 4.69. The second-order valence-electron chi connectivity index (χ2n) is 4.57. The molecule has 0 bridgehead atoms. The molecule has 15 heavy (non-hydrogen) atoms. The van der Waals surface area contributed by atoms with Gasteiger partial charge in [0.15, 0.2) is 0 Å². The van der Waals surface area contributed by atoms with Crippen molar-refractivity contribution >= 4 is 5.97 Å². The van der Waals surface area contributed by atoms with Crippen LogP contribution < -0.4 is 0 Å². The molecule has 0 amide bonds. The van der Waals surface area contributed by atoms with Crippen LogP contribution in [0.25, 0.3) is 0 Å². The third kappa shape index (κ3) is 3.82. The molecule has 1 heterocycles. The van der Waals surface area contributed by atoms with Gasteiger partial charge in [0.2, 0.25) is 0 Å². The molecule has 0 radical (unpaired) electrons. The average Bonchev–Trinajstić information content (AvgIpc) is 2.67. The first-order valence-electron chi connectivity index (χ1n) is 5.98. The molecule has 0 N–H and O–H groups in total. The molecule has 0 aromatic heterocycles. The molecule has 0 aliphatic carbocycles. The zero-order valence-electron chi connectivity index (χ0n) is 10.2. The highest BCUT2D eigenvalue weighted by Gasteiger charge is 2.26. The van der Waals surface area contributed by atoms with Crippen LogP contribution in [-0.4, -0.2) is 37.1 Å². The number of likely N-dealkylation sites (tertiary alicyclic amines) is 1. The van der Waals surface area contributed by atoms with Crippen molar-refractivity contribution in [1.29, 1.82) is 0 Å². The van der Waals surface area contributed by atoms with Gasteiger partial charge in [-0.15, -0.1) is 0 Å². The Kier molecular flexibility index (Phi) is 5.09. The molecule has 2 atom stereocenters. The van der Waals surface area contributed by atoms with Gasteiger partial charge in [0.05, 0.1) is 13.5 Å². The molecule has 1 rings (SSSR count). The Hall–Kier alpha value is -0.570. The first-order valence-corrected chi connectivity index (χ1v) is 5.98. The molecule has 1 fully saturated rings. The Morgan fingerprint density at radius 3 is 2.93 bits per heavy atom. The molecule has 1 aliphatic heterocycles. The van der Waals surface area contributed by atoms with E-state index >= 15 is 0 Å². The maximum absolute atomic E-state index is 11.1. The fourth-order valence-corrected chi connectivity index (χ4v) is 2.36. The molecule has 3 nitrogen and oxygen atoms in total. The van der Waals surface area contributed by atoms with Gasteiger partial charge in [0, 0.05) is 12.6 Å². The van der Waals surface area contributed by atoms with Crippen LogP contribution in [0.15, 0.2) is 0 Å². The van der Waals surface area contributed by atoms with Crippen LogP contribution >= 0.6 is 0 Å². The fourth-order valence-electron chi connectivity index (χ4n) is 2.36. The summed E-state index contributed by atoms with van der Waals surface area (Å²) in [5.74, 6) is 0.747. The normalized spacial score (nSPS) is 24.1. The minimum atomic E-state index is -0.0959. The predicted octanol–water partition coefficient (Wildman–Crippen LogP) is 2.06. The van der Waals surface area contributed by atoms with E-state index in [9.17, 15) is 4.79 Å². The lowest BCUT2D eigenvalue weighted by Gasteiger charge is -2.23. The molecule has 3 heteroatoms. The van der Waals surface area contributed by atoms with E-state index in [0.717, 1.165) is 19.0 Å². The van der Waals surface area contributed by atoms with E-state index in [1.165, 1.54) is 26.4 Å². The van der Waals surface area contributed by atoms with Gasteiger partial charge in [0.1, 0.15) is 0 Å². The van der Waals surface area contributed by atoms with Gasteiger partial charge in [-0.1, -0.05) is 13.3 Å². The Morgan fingerprint density at radius 1 is 1.60 bits per heavy atom. The number of carbonyl (C=O) groups is 1. The number of rotatable bonds is 5. The number of nitrogens with zero attached hydrogens (tertiary/aromatic N) is 1.